The Bertz CT molecular complexity index is 760. The van der Waals surface area contributed by atoms with Crippen LogP contribution >= 0.6 is 12.2 Å². The summed E-state index contributed by atoms with van der Waals surface area (Å²) in [7, 11) is 1.79. The number of nitrogens with one attached hydrogen (secondary N) is 1. The number of hydrogen-bond donors (Lipinski definition) is 1. The summed E-state index contributed by atoms with van der Waals surface area (Å²) in [5, 5.41) is 17.8. The first-order valence-corrected chi connectivity index (χ1v) is 7.91. The summed E-state index contributed by atoms with van der Waals surface area (Å²) in [6.07, 6.45) is -1.18. The van der Waals surface area contributed by atoms with Gasteiger partial charge in [0.15, 0.2) is 5.11 Å². The van der Waals surface area contributed by atoms with E-state index in [-0.39, 0.29) is 11.5 Å². The first-order chi connectivity index (χ1) is 11.2. The fourth-order valence-electron chi connectivity index (χ4n) is 3.57. The second-order valence-corrected chi connectivity index (χ2v) is 6.47. The van der Waals surface area contributed by atoms with Crippen molar-refractivity contribution in [2.45, 2.75) is 37.4 Å². The van der Waals surface area contributed by atoms with E-state index in [1.54, 1.807) is 13.1 Å². The second-order valence-electron chi connectivity index (χ2n) is 6.10. The molecule has 1 heterocycles. The van der Waals surface area contributed by atoms with E-state index in [1.807, 2.05) is 4.90 Å². The largest absolute Gasteiger partial charge is 0.417 e. The van der Waals surface area contributed by atoms with Crippen LogP contribution in [0.4, 0.5) is 18.9 Å². The highest BCUT2D eigenvalue weighted by Gasteiger charge is 2.52. The number of rotatable bonds is 1. The van der Waals surface area contributed by atoms with Crippen molar-refractivity contribution in [2.24, 2.45) is 0 Å². The lowest BCUT2D eigenvalue weighted by atomic mass is 9.95. The van der Waals surface area contributed by atoms with Crippen LogP contribution in [0.5, 0.6) is 0 Å². The minimum absolute atomic E-state index is 0.173. The van der Waals surface area contributed by atoms with Gasteiger partial charge < -0.3 is 4.90 Å². The molecule has 1 aliphatic carbocycles. The van der Waals surface area contributed by atoms with Gasteiger partial charge in [-0.05, 0) is 43.3 Å². The van der Waals surface area contributed by atoms with Gasteiger partial charge in [0.05, 0.1) is 28.4 Å². The summed E-state index contributed by atoms with van der Waals surface area (Å²) in [6.45, 7) is 0. The highest BCUT2D eigenvalue weighted by molar-refractivity contribution is 7.80. The average Bonchev–Trinajstić information content (AvgIpc) is 3.09. The summed E-state index contributed by atoms with van der Waals surface area (Å²) in [5.41, 5.74) is -1.80. The Labute approximate surface area is 143 Å². The van der Waals surface area contributed by atoms with Crippen LogP contribution in [0.15, 0.2) is 18.2 Å². The summed E-state index contributed by atoms with van der Waals surface area (Å²) < 4.78 is 39.6. The van der Waals surface area contributed by atoms with E-state index in [0.29, 0.717) is 5.11 Å². The molecule has 4 nitrogen and oxygen atoms in total. The van der Waals surface area contributed by atoms with E-state index < -0.39 is 22.8 Å². The molecule has 1 spiro atoms. The normalized spacial score (nSPS) is 20.1. The smallest absolute Gasteiger partial charge is 0.339 e. The summed E-state index contributed by atoms with van der Waals surface area (Å²) in [5.74, 6) is 0.213. The molecular weight excluding hydrogens is 337 g/mol. The molecular formula is C16H15F3N4S. The minimum Gasteiger partial charge on any atom is -0.339 e. The van der Waals surface area contributed by atoms with Crippen molar-refractivity contribution in [1.82, 2.24) is 4.90 Å². The highest BCUT2D eigenvalue weighted by atomic mass is 32.1. The van der Waals surface area contributed by atoms with Crippen LogP contribution in [0.3, 0.4) is 0 Å². The number of halogens is 3. The number of thiocarbonyl (C=S) groups is 1. The van der Waals surface area contributed by atoms with Gasteiger partial charge in [0.1, 0.15) is 5.84 Å². The zero-order valence-corrected chi connectivity index (χ0v) is 13.8. The maximum atomic E-state index is 13.2. The summed E-state index contributed by atoms with van der Waals surface area (Å²) in [4.78, 5) is 3.21. The van der Waals surface area contributed by atoms with Crippen molar-refractivity contribution < 1.29 is 13.2 Å². The Kier molecular flexibility index (Phi) is 3.79. The number of benzene rings is 1. The summed E-state index contributed by atoms with van der Waals surface area (Å²) in [6, 6.07) is 5.01. The third-order valence-corrected chi connectivity index (χ3v) is 5.36. The number of nitriles is 1. The van der Waals surface area contributed by atoms with E-state index >= 15 is 0 Å². The molecule has 3 rings (SSSR count). The highest BCUT2D eigenvalue weighted by Crippen LogP contribution is 2.43. The van der Waals surface area contributed by atoms with Crippen molar-refractivity contribution >= 4 is 28.9 Å². The van der Waals surface area contributed by atoms with Gasteiger partial charge in [-0.25, -0.2) is 0 Å². The van der Waals surface area contributed by atoms with Crippen molar-refractivity contribution in [2.75, 3.05) is 11.9 Å². The van der Waals surface area contributed by atoms with Gasteiger partial charge in [-0.3, -0.25) is 10.3 Å². The average molecular weight is 352 g/mol. The molecule has 1 aromatic rings. The molecule has 24 heavy (non-hydrogen) atoms. The number of anilines is 1. The first-order valence-electron chi connectivity index (χ1n) is 7.51. The SMILES string of the molecule is CN1C(=S)N(c2ccc(C#N)c(C(F)(F)F)c2)C(=N)C12CCCC2. The number of nitrogens with zero attached hydrogens (tertiary/aromatic N) is 3. The van der Waals surface area contributed by atoms with E-state index in [9.17, 15) is 13.2 Å². The van der Waals surface area contributed by atoms with Crippen LogP contribution in [0.1, 0.15) is 36.8 Å². The second kappa shape index (κ2) is 5.45. The fourth-order valence-corrected chi connectivity index (χ4v) is 3.94. The third-order valence-electron chi connectivity index (χ3n) is 4.90. The molecule has 0 amide bonds. The Morgan fingerprint density at radius 1 is 1.29 bits per heavy atom. The third kappa shape index (κ3) is 2.26. The van der Waals surface area contributed by atoms with E-state index in [1.165, 1.54) is 11.0 Å². The van der Waals surface area contributed by atoms with Crippen molar-refractivity contribution in [1.29, 1.82) is 10.7 Å². The molecule has 1 aromatic carbocycles. The van der Waals surface area contributed by atoms with Crippen LogP contribution in [0.25, 0.3) is 0 Å². The molecule has 0 bridgehead atoms. The Morgan fingerprint density at radius 3 is 2.46 bits per heavy atom. The Morgan fingerprint density at radius 2 is 1.92 bits per heavy atom. The van der Waals surface area contributed by atoms with E-state index in [0.717, 1.165) is 37.8 Å². The molecule has 0 aromatic heterocycles. The number of amidine groups is 1. The predicted molar refractivity (Wildman–Crippen MR) is 87.9 cm³/mol. The molecule has 8 heteroatoms. The maximum absolute atomic E-state index is 13.2. The first kappa shape index (κ1) is 16.7. The zero-order valence-electron chi connectivity index (χ0n) is 12.9. The minimum atomic E-state index is -4.64. The lowest BCUT2D eigenvalue weighted by Gasteiger charge is -2.30. The molecule has 2 fully saturated rings. The molecule has 0 atom stereocenters. The lowest BCUT2D eigenvalue weighted by Crippen LogP contribution is -2.44. The van der Waals surface area contributed by atoms with Crippen molar-refractivity contribution in [3.8, 4) is 6.07 Å². The molecule has 2 aliphatic rings. The predicted octanol–water partition coefficient (Wildman–Crippen LogP) is 3.90. The molecule has 1 saturated carbocycles. The topological polar surface area (TPSA) is 54.1 Å². The van der Waals surface area contributed by atoms with Crippen LogP contribution in [0, 0.1) is 16.7 Å². The van der Waals surface area contributed by atoms with Gasteiger partial charge >= 0.3 is 6.18 Å². The van der Waals surface area contributed by atoms with Crippen LogP contribution < -0.4 is 4.90 Å². The standard InChI is InChI=1S/C16H15F3N4S/c1-22-14(24)23(13(21)15(22)6-2-3-7-15)11-5-4-10(9-20)12(8-11)16(17,18)19/h4-5,8,21H,2-3,6-7H2,1H3. The molecule has 0 unspecified atom stereocenters. The number of alkyl halides is 3. The molecule has 126 valence electrons. The fraction of sp³-hybridized carbons (Fsp3) is 0.438. The molecule has 1 aliphatic heterocycles. The number of likely N-dealkylation sites (N-methyl/N-ethyl adjacent to an activating group) is 1. The van der Waals surface area contributed by atoms with Gasteiger partial charge in [-0.1, -0.05) is 12.8 Å². The van der Waals surface area contributed by atoms with Crippen LogP contribution in [-0.4, -0.2) is 28.4 Å². The van der Waals surface area contributed by atoms with Gasteiger partial charge in [0, 0.05) is 7.05 Å². The molecule has 0 radical (unpaired) electrons. The monoisotopic (exact) mass is 352 g/mol. The lowest BCUT2D eigenvalue weighted by molar-refractivity contribution is -0.137. The molecule has 1 N–H and O–H groups in total. The quantitative estimate of drug-likeness (QED) is 0.779. The van der Waals surface area contributed by atoms with Crippen LogP contribution in [0.2, 0.25) is 0 Å². The van der Waals surface area contributed by atoms with Crippen molar-refractivity contribution in [3.63, 3.8) is 0 Å². The van der Waals surface area contributed by atoms with Crippen LogP contribution in [-0.2, 0) is 6.18 Å². The van der Waals surface area contributed by atoms with E-state index in [4.69, 9.17) is 22.9 Å². The van der Waals surface area contributed by atoms with Gasteiger partial charge in [0.25, 0.3) is 0 Å². The molecule has 1 saturated heterocycles. The summed E-state index contributed by atoms with van der Waals surface area (Å²) >= 11 is 5.39. The Balaban J connectivity index is 2.08. The number of hydrogen-bond acceptors (Lipinski definition) is 3. The Hall–Kier alpha value is -2.14. The van der Waals surface area contributed by atoms with Gasteiger partial charge in [-0.2, -0.15) is 18.4 Å². The zero-order chi connectivity index (χ0) is 17.7. The van der Waals surface area contributed by atoms with E-state index in [2.05, 4.69) is 0 Å². The van der Waals surface area contributed by atoms with Crippen molar-refractivity contribution in [3.05, 3.63) is 29.3 Å². The van der Waals surface area contributed by atoms with Gasteiger partial charge in [-0.15, -0.1) is 0 Å². The van der Waals surface area contributed by atoms with Gasteiger partial charge in [0.2, 0.25) is 0 Å². The maximum Gasteiger partial charge on any atom is 0.417 e.